The molecule has 0 bridgehead atoms. The Morgan fingerprint density at radius 1 is 1.04 bits per heavy atom. The van der Waals surface area contributed by atoms with Gasteiger partial charge < -0.3 is 4.42 Å². The lowest BCUT2D eigenvalue weighted by Gasteiger charge is -1.99. The van der Waals surface area contributed by atoms with Crippen LogP contribution in [0.25, 0.3) is 34.2 Å². The fourth-order valence-corrected chi connectivity index (χ4v) is 3.68. The first-order chi connectivity index (χ1) is 13.2. The number of rotatable bonds is 4. The minimum Gasteiger partial charge on any atom is -0.457 e. The third-order valence-electron chi connectivity index (χ3n) is 3.98. The van der Waals surface area contributed by atoms with Gasteiger partial charge in [0.2, 0.25) is 0 Å². The van der Waals surface area contributed by atoms with E-state index in [0.29, 0.717) is 27.1 Å². The Morgan fingerprint density at radius 3 is 2.59 bits per heavy atom. The van der Waals surface area contributed by atoms with Crippen LogP contribution in [0.4, 0.5) is 0 Å². The first-order valence-electron chi connectivity index (χ1n) is 8.22. The number of aromatic nitrogens is 1. The summed E-state index contributed by atoms with van der Waals surface area (Å²) in [6.07, 6.45) is 1.70. The lowest BCUT2D eigenvalue weighted by atomic mass is 10.2. The molecule has 0 amide bonds. The van der Waals surface area contributed by atoms with E-state index in [4.69, 9.17) is 16.0 Å². The van der Waals surface area contributed by atoms with Gasteiger partial charge in [0.25, 0.3) is 0 Å². The highest BCUT2D eigenvalue weighted by molar-refractivity contribution is 7.11. The Bertz CT molecular complexity index is 1150. The van der Waals surface area contributed by atoms with Crippen LogP contribution in [0, 0.1) is 11.3 Å². The second-order valence-corrected chi connectivity index (χ2v) is 7.02. The van der Waals surface area contributed by atoms with Gasteiger partial charge in [0.05, 0.1) is 16.3 Å². The average Bonchev–Trinajstić information content (AvgIpc) is 3.37. The molecule has 27 heavy (non-hydrogen) atoms. The predicted molar refractivity (Wildman–Crippen MR) is 110 cm³/mol. The largest absolute Gasteiger partial charge is 0.457 e. The van der Waals surface area contributed by atoms with Crippen molar-refractivity contribution in [1.29, 1.82) is 5.26 Å². The van der Waals surface area contributed by atoms with Crippen molar-refractivity contribution in [3.8, 4) is 28.7 Å². The van der Waals surface area contributed by atoms with E-state index in [2.05, 4.69) is 11.1 Å². The molecule has 0 unspecified atom stereocenters. The van der Waals surface area contributed by atoms with Gasteiger partial charge in [-0.15, -0.1) is 11.3 Å². The van der Waals surface area contributed by atoms with Crippen LogP contribution in [0.15, 0.2) is 76.5 Å². The Labute approximate surface area is 165 Å². The topological polar surface area (TPSA) is 49.8 Å². The third kappa shape index (κ3) is 3.70. The van der Waals surface area contributed by atoms with Crippen LogP contribution in [0.3, 0.4) is 0 Å². The molecule has 2 aromatic heterocycles. The summed E-state index contributed by atoms with van der Waals surface area (Å²) in [7, 11) is 0. The Hall–Kier alpha value is -3.13. The van der Waals surface area contributed by atoms with Gasteiger partial charge in [-0.3, -0.25) is 0 Å². The SMILES string of the molecule is N#CC(=Cc1ccc(-c2ccccc2Cl)o1)c1nc(-c2ccccc2)cs1. The molecule has 4 aromatic rings. The Morgan fingerprint density at radius 2 is 1.81 bits per heavy atom. The summed E-state index contributed by atoms with van der Waals surface area (Å²) in [5.41, 5.74) is 3.16. The number of benzene rings is 2. The van der Waals surface area contributed by atoms with Gasteiger partial charge in [-0.25, -0.2) is 4.98 Å². The second-order valence-electron chi connectivity index (χ2n) is 5.76. The van der Waals surface area contributed by atoms with E-state index in [1.54, 1.807) is 6.08 Å². The summed E-state index contributed by atoms with van der Waals surface area (Å²) in [6.45, 7) is 0. The molecule has 0 aliphatic heterocycles. The number of furan rings is 1. The number of nitrogens with zero attached hydrogens (tertiary/aromatic N) is 2. The summed E-state index contributed by atoms with van der Waals surface area (Å²) in [5.74, 6) is 1.24. The standard InChI is InChI=1S/C22H13ClN2OS/c23-19-9-5-4-8-18(19)21-11-10-17(26-21)12-16(13-24)22-25-20(14-27-22)15-6-2-1-3-7-15/h1-12,14H. The Balaban J connectivity index is 1.64. The number of allylic oxidation sites excluding steroid dienone is 1. The van der Waals surface area contributed by atoms with E-state index in [0.717, 1.165) is 16.8 Å². The van der Waals surface area contributed by atoms with Gasteiger partial charge in [0.1, 0.15) is 22.6 Å². The van der Waals surface area contributed by atoms with Crippen molar-refractivity contribution < 1.29 is 4.42 Å². The highest BCUT2D eigenvalue weighted by atomic mass is 35.5. The van der Waals surface area contributed by atoms with Crippen LogP contribution in [-0.2, 0) is 0 Å². The molecule has 0 N–H and O–H groups in total. The second kappa shape index (κ2) is 7.63. The smallest absolute Gasteiger partial charge is 0.136 e. The number of hydrogen-bond acceptors (Lipinski definition) is 4. The number of hydrogen-bond donors (Lipinski definition) is 0. The Kier molecular flexibility index (Phi) is 4.88. The van der Waals surface area contributed by atoms with Crippen LogP contribution in [-0.4, -0.2) is 4.98 Å². The lowest BCUT2D eigenvalue weighted by Crippen LogP contribution is -1.82. The van der Waals surface area contributed by atoms with Crippen LogP contribution in [0.5, 0.6) is 0 Å². The van der Waals surface area contributed by atoms with E-state index >= 15 is 0 Å². The first-order valence-corrected chi connectivity index (χ1v) is 9.48. The van der Waals surface area contributed by atoms with E-state index < -0.39 is 0 Å². The maximum Gasteiger partial charge on any atom is 0.136 e. The summed E-state index contributed by atoms with van der Waals surface area (Å²) in [6, 6.07) is 23.3. The maximum absolute atomic E-state index is 9.57. The van der Waals surface area contributed by atoms with Crippen molar-refractivity contribution in [2.45, 2.75) is 0 Å². The van der Waals surface area contributed by atoms with Crippen molar-refractivity contribution in [2.24, 2.45) is 0 Å². The lowest BCUT2D eigenvalue weighted by molar-refractivity contribution is 0.572. The van der Waals surface area contributed by atoms with Crippen molar-refractivity contribution >= 4 is 34.6 Å². The van der Waals surface area contributed by atoms with Gasteiger partial charge in [0.15, 0.2) is 0 Å². The molecule has 5 heteroatoms. The molecule has 0 aliphatic carbocycles. The van der Waals surface area contributed by atoms with Crippen LogP contribution in [0.2, 0.25) is 5.02 Å². The summed E-state index contributed by atoms with van der Waals surface area (Å²) < 4.78 is 5.86. The molecule has 0 atom stereocenters. The normalized spacial score (nSPS) is 11.3. The predicted octanol–water partition coefficient (Wildman–Crippen LogP) is 6.79. The minimum atomic E-state index is 0.460. The van der Waals surface area contributed by atoms with Gasteiger partial charge in [-0.2, -0.15) is 5.26 Å². The zero-order valence-corrected chi connectivity index (χ0v) is 15.7. The zero-order valence-electron chi connectivity index (χ0n) is 14.1. The van der Waals surface area contributed by atoms with Gasteiger partial charge in [0, 0.05) is 22.6 Å². The molecule has 0 aliphatic rings. The van der Waals surface area contributed by atoms with E-state index in [1.807, 2.05) is 72.1 Å². The molecule has 0 saturated carbocycles. The minimum absolute atomic E-state index is 0.460. The van der Waals surface area contributed by atoms with Crippen molar-refractivity contribution in [3.63, 3.8) is 0 Å². The van der Waals surface area contributed by atoms with E-state index in [9.17, 15) is 5.26 Å². The fourth-order valence-electron chi connectivity index (χ4n) is 2.66. The molecule has 0 radical (unpaired) electrons. The molecule has 130 valence electrons. The highest BCUT2D eigenvalue weighted by Gasteiger charge is 2.11. The van der Waals surface area contributed by atoms with Gasteiger partial charge >= 0.3 is 0 Å². The summed E-state index contributed by atoms with van der Waals surface area (Å²) >= 11 is 7.66. The summed E-state index contributed by atoms with van der Waals surface area (Å²) in [4.78, 5) is 4.59. The maximum atomic E-state index is 9.57. The molecular weight excluding hydrogens is 376 g/mol. The van der Waals surface area contributed by atoms with Crippen molar-refractivity contribution in [2.75, 3.05) is 0 Å². The number of thiazole rings is 1. The van der Waals surface area contributed by atoms with E-state index in [-0.39, 0.29) is 0 Å². The molecule has 0 spiro atoms. The summed E-state index contributed by atoms with van der Waals surface area (Å²) in [5, 5.41) is 12.8. The molecule has 3 nitrogen and oxygen atoms in total. The highest BCUT2D eigenvalue weighted by Crippen LogP contribution is 2.31. The quantitative estimate of drug-likeness (QED) is 0.362. The molecule has 2 aromatic carbocycles. The average molecular weight is 389 g/mol. The molecular formula is C22H13ClN2OS. The third-order valence-corrected chi connectivity index (χ3v) is 5.18. The molecule has 4 rings (SSSR count). The van der Waals surface area contributed by atoms with Crippen molar-refractivity contribution in [1.82, 2.24) is 4.98 Å². The fraction of sp³-hybridized carbons (Fsp3) is 0. The molecule has 0 saturated heterocycles. The molecule has 2 heterocycles. The first kappa shape index (κ1) is 17.3. The van der Waals surface area contributed by atoms with Gasteiger partial charge in [-0.1, -0.05) is 54.1 Å². The number of halogens is 1. The number of nitriles is 1. The monoisotopic (exact) mass is 388 g/mol. The van der Waals surface area contributed by atoms with E-state index in [1.165, 1.54) is 11.3 Å². The van der Waals surface area contributed by atoms with Crippen LogP contribution < -0.4 is 0 Å². The van der Waals surface area contributed by atoms with Crippen molar-refractivity contribution in [3.05, 3.63) is 87.9 Å². The van der Waals surface area contributed by atoms with Crippen LogP contribution in [0.1, 0.15) is 10.8 Å². The molecule has 0 fully saturated rings. The van der Waals surface area contributed by atoms with Crippen LogP contribution >= 0.6 is 22.9 Å². The zero-order chi connectivity index (χ0) is 18.6. The van der Waals surface area contributed by atoms with Gasteiger partial charge in [-0.05, 0) is 24.3 Å².